The van der Waals surface area contributed by atoms with Gasteiger partial charge < -0.3 is 15.2 Å². The van der Waals surface area contributed by atoms with Gasteiger partial charge in [-0.05, 0) is 54.7 Å². The number of urea groups is 1. The van der Waals surface area contributed by atoms with Crippen molar-refractivity contribution in [3.8, 4) is 6.07 Å². The number of hydrogen-bond acceptors (Lipinski definition) is 5. The lowest BCUT2D eigenvalue weighted by molar-refractivity contribution is 0.109. The van der Waals surface area contributed by atoms with Gasteiger partial charge in [0.2, 0.25) is 0 Å². The van der Waals surface area contributed by atoms with Crippen LogP contribution in [-0.4, -0.2) is 53.4 Å². The molecule has 2 atom stereocenters. The van der Waals surface area contributed by atoms with Crippen LogP contribution in [0.3, 0.4) is 0 Å². The van der Waals surface area contributed by atoms with Crippen molar-refractivity contribution in [1.82, 2.24) is 20.2 Å². The highest BCUT2D eigenvalue weighted by atomic mass is 35.5. The van der Waals surface area contributed by atoms with Crippen molar-refractivity contribution in [2.45, 2.75) is 30.8 Å². The zero-order chi connectivity index (χ0) is 25.1. The lowest BCUT2D eigenvalue weighted by Gasteiger charge is -2.42. The molecular formula is C25H26ClN5O3S. The quantitative estimate of drug-likeness (QED) is 0.454. The number of carbonyl (C=O) groups excluding carboxylic acids is 1. The normalized spacial score (nSPS) is 18.8. The molecule has 0 saturated carbocycles. The van der Waals surface area contributed by atoms with Crippen LogP contribution in [0.25, 0.3) is 0 Å². The summed E-state index contributed by atoms with van der Waals surface area (Å²) in [6.45, 7) is 0.297. The Bertz CT molecular complexity index is 1340. The Labute approximate surface area is 209 Å². The molecule has 2 aromatic carbocycles. The van der Waals surface area contributed by atoms with Crippen molar-refractivity contribution in [2.75, 3.05) is 18.6 Å². The second-order valence-corrected chi connectivity index (χ2v) is 11.7. The number of aromatic nitrogens is 2. The van der Waals surface area contributed by atoms with Gasteiger partial charge in [0.25, 0.3) is 0 Å². The Hall–Kier alpha value is -3.35. The minimum Gasteiger partial charge on any atom is -0.347 e. The number of nitriles is 1. The summed E-state index contributed by atoms with van der Waals surface area (Å²) >= 11 is 6.24. The third kappa shape index (κ3) is 5.84. The summed E-state index contributed by atoms with van der Waals surface area (Å²) in [7, 11) is -3.28. The maximum atomic E-state index is 13.4. The molecule has 1 fully saturated rings. The molecule has 3 aromatic rings. The van der Waals surface area contributed by atoms with Crippen molar-refractivity contribution >= 4 is 27.5 Å². The van der Waals surface area contributed by atoms with Gasteiger partial charge in [-0.1, -0.05) is 35.9 Å². The average Bonchev–Trinajstić information content (AvgIpc) is 3.46. The zero-order valence-corrected chi connectivity index (χ0v) is 20.8. The van der Waals surface area contributed by atoms with E-state index in [1.807, 2.05) is 30.3 Å². The summed E-state index contributed by atoms with van der Waals surface area (Å²) in [4.78, 5) is 22.4. The summed E-state index contributed by atoms with van der Waals surface area (Å²) in [5, 5.41) is 12.7. The van der Waals surface area contributed by atoms with Gasteiger partial charge in [0.15, 0.2) is 0 Å². The standard InChI is InChI=1S/C25H26ClN5O3S/c1-35(33,34)10-9-25(13-20-3-2-4-21(26)11-20)16-29-24(32)31(25)23(22-15-28-17-30-22)12-18-5-7-19(14-27)8-6-18/h2-8,11,15,17,23H,9-10,12-13,16H2,1H3,(H,28,30)(H,29,32)/t23?,25-/m1/s1. The number of rotatable bonds is 9. The van der Waals surface area contributed by atoms with Crippen molar-refractivity contribution in [3.63, 3.8) is 0 Å². The van der Waals surface area contributed by atoms with Crippen LogP contribution in [0.5, 0.6) is 0 Å². The third-order valence-electron chi connectivity index (χ3n) is 6.36. The van der Waals surface area contributed by atoms with E-state index >= 15 is 0 Å². The third-order valence-corrected chi connectivity index (χ3v) is 7.54. The number of nitrogens with zero attached hydrogens (tertiary/aromatic N) is 3. The molecule has 8 nitrogen and oxygen atoms in total. The number of carbonyl (C=O) groups is 1. The Morgan fingerprint density at radius 1 is 1.23 bits per heavy atom. The molecule has 2 amide bonds. The second kappa shape index (κ2) is 10.1. The fraction of sp³-hybridized carbons (Fsp3) is 0.320. The largest absolute Gasteiger partial charge is 0.347 e. The van der Waals surface area contributed by atoms with Crippen molar-refractivity contribution < 1.29 is 13.2 Å². The molecule has 1 aliphatic rings. The zero-order valence-electron chi connectivity index (χ0n) is 19.2. The lowest BCUT2D eigenvalue weighted by atomic mass is 9.85. The molecule has 1 saturated heterocycles. The van der Waals surface area contributed by atoms with Crippen molar-refractivity contribution in [3.05, 3.63) is 88.5 Å². The van der Waals surface area contributed by atoms with Crippen LogP contribution >= 0.6 is 11.6 Å². The maximum Gasteiger partial charge on any atom is 0.318 e. The number of sulfone groups is 1. The van der Waals surface area contributed by atoms with Gasteiger partial charge in [0.1, 0.15) is 9.84 Å². The van der Waals surface area contributed by atoms with E-state index in [1.54, 1.807) is 35.6 Å². The predicted octanol–water partition coefficient (Wildman–Crippen LogP) is 3.66. The Morgan fingerprint density at radius 2 is 2.00 bits per heavy atom. The molecule has 0 spiro atoms. The van der Waals surface area contributed by atoms with E-state index in [0.29, 0.717) is 30.0 Å². The van der Waals surface area contributed by atoms with Gasteiger partial charge in [0, 0.05) is 17.8 Å². The van der Waals surface area contributed by atoms with Crippen LogP contribution in [-0.2, 0) is 22.7 Å². The average molecular weight is 512 g/mol. The van der Waals surface area contributed by atoms with E-state index in [-0.39, 0.29) is 18.2 Å². The predicted molar refractivity (Wildman–Crippen MR) is 134 cm³/mol. The van der Waals surface area contributed by atoms with Crippen LogP contribution < -0.4 is 5.32 Å². The minimum atomic E-state index is -3.28. The summed E-state index contributed by atoms with van der Waals surface area (Å²) in [5.41, 5.74) is 2.32. The van der Waals surface area contributed by atoms with Crippen molar-refractivity contribution in [1.29, 1.82) is 5.26 Å². The monoisotopic (exact) mass is 511 g/mol. The first kappa shape index (κ1) is 24.8. The number of halogens is 1. The molecule has 1 aliphatic heterocycles. The smallest absolute Gasteiger partial charge is 0.318 e. The van der Waals surface area contributed by atoms with Crippen LogP contribution in [0.4, 0.5) is 4.79 Å². The van der Waals surface area contributed by atoms with Crippen molar-refractivity contribution in [2.24, 2.45) is 0 Å². The van der Waals surface area contributed by atoms with Gasteiger partial charge in [0.05, 0.1) is 47.2 Å². The number of aromatic amines is 1. The molecule has 2 heterocycles. The summed E-state index contributed by atoms with van der Waals surface area (Å²) in [6.07, 6.45) is 5.59. The molecular weight excluding hydrogens is 486 g/mol. The molecule has 1 unspecified atom stereocenters. The number of amides is 2. The van der Waals surface area contributed by atoms with E-state index in [9.17, 15) is 13.2 Å². The van der Waals surface area contributed by atoms with Gasteiger partial charge >= 0.3 is 6.03 Å². The first-order valence-electron chi connectivity index (χ1n) is 11.2. The fourth-order valence-electron chi connectivity index (χ4n) is 4.67. The van der Waals surface area contributed by atoms with Crippen LogP contribution in [0.2, 0.25) is 5.02 Å². The molecule has 35 heavy (non-hydrogen) atoms. The molecule has 4 rings (SSSR count). The molecule has 0 aliphatic carbocycles. The van der Waals surface area contributed by atoms with Gasteiger partial charge in [-0.3, -0.25) is 0 Å². The van der Waals surface area contributed by atoms with E-state index in [1.165, 1.54) is 6.26 Å². The summed E-state index contributed by atoms with van der Waals surface area (Å²) < 4.78 is 24.4. The van der Waals surface area contributed by atoms with Crippen LogP contribution in [0.15, 0.2) is 61.1 Å². The van der Waals surface area contributed by atoms with Crippen LogP contribution in [0, 0.1) is 11.3 Å². The van der Waals surface area contributed by atoms with Gasteiger partial charge in [-0.15, -0.1) is 0 Å². The number of imidazole rings is 1. The Balaban J connectivity index is 1.77. The molecule has 10 heteroatoms. The summed E-state index contributed by atoms with van der Waals surface area (Å²) in [6, 6.07) is 16.0. The van der Waals surface area contributed by atoms with E-state index in [0.717, 1.165) is 16.8 Å². The highest BCUT2D eigenvalue weighted by Crippen LogP contribution is 2.38. The van der Waals surface area contributed by atoms with E-state index < -0.39 is 21.4 Å². The van der Waals surface area contributed by atoms with E-state index in [4.69, 9.17) is 16.9 Å². The first-order chi connectivity index (χ1) is 16.7. The number of nitrogens with one attached hydrogen (secondary N) is 2. The van der Waals surface area contributed by atoms with Crippen LogP contribution in [0.1, 0.15) is 34.8 Å². The summed E-state index contributed by atoms with van der Waals surface area (Å²) in [5.74, 6) is -0.0639. The molecule has 1 aromatic heterocycles. The second-order valence-electron chi connectivity index (χ2n) is 8.98. The molecule has 0 radical (unpaired) electrons. The number of H-pyrrole nitrogens is 1. The van der Waals surface area contributed by atoms with Gasteiger partial charge in [-0.25, -0.2) is 18.2 Å². The highest BCUT2D eigenvalue weighted by molar-refractivity contribution is 7.90. The maximum absolute atomic E-state index is 13.4. The number of hydrogen-bond donors (Lipinski definition) is 2. The Morgan fingerprint density at radius 3 is 2.63 bits per heavy atom. The topological polar surface area (TPSA) is 119 Å². The SMILES string of the molecule is CS(=O)(=O)CC[C@@]1(Cc2cccc(Cl)c2)CNC(=O)N1C(Cc1ccc(C#N)cc1)c1cnc[nH]1. The lowest BCUT2D eigenvalue weighted by Crippen LogP contribution is -2.52. The molecule has 2 N–H and O–H groups in total. The van der Waals surface area contributed by atoms with E-state index in [2.05, 4.69) is 21.4 Å². The first-order valence-corrected chi connectivity index (χ1v) is 13.6. The fourth-order valence-corrected chi connectivity index (χ4v) is 5.64. The highest BCUT2D eigenvalue weighted by Gasteiger charge is 2.49. The molecule has 0 bridgehead atoms. The number of benzene rings is 2. The molecule has 182 valence electrons. The van der Waals surface area contributed by atoms with Gasteiger partial charge in [-0.2, -0.15) is 5.26 Å². The Kier molecular flexibility index (Phi) is 7.15. The minimum absolute atomic E-state index is 0.0639.